The third-order valence-electron chi connectivity index (χ3n) is 5.02. The summed E-state index contributed by atoms with van der Waals surface area (Å²) in [5.41, 5.74) is 3.57. The number of furan rings is 1. The SMILES string of the molecule is CCCOC(=O)c1ccc(-c2ccc(/C=N/N(Cc3ccccc3)c3ccccc3)o2)cc1. The lowest BCUT2D eigenvalue weighted by Gasteiger charge is -2.19. The number of esters is 1. The van der Waals surface area contributed by atoms with Crippen LogP contribution in [0.4, 0.5) is 5.69 Å². The molecule has 1 heterocycles. The fourth-order valence-electron chi connectivity index (χ4n) is 3.31. The number of benzene rings is 3. The van der Waals surface area contributed by atoms with Gasteiger partial charge in [0, 0.05) is 5.56 Å². The van der Waals surface area contributed by atoms with Gasteiger partial charge in [0.1, 0.15) is 11.5 Å². The summed E-state index contributed by atoms with van der Waals surface area (Å²) in [5, 5.41) is 6.62. The summed E-state index contributed by atoms with van der Waals surface area (Å²) in [6.07, 6.45) is 2.52. The van der Waals surface area contributed by atoms with E-state index >= 15 is 0 Å². The van der Waals surface area contributed by atoms with E-state index in [4.69, 9.17) is 9.15 Å². The number of carbonyl (C=O) groups excluding carboxylic acids is 1. The Kier molecular flexibility index (Phi) is 7.33. The lowest BCUT2D eigenvalue weighted by atomic mass is 10.1. The summed E-state index contributed by atoms with van der Waals surface area (Å²) < 4.78 is 11.2. The van der Waals surface area contributed by atoms with E-state index in [0.29, 0.717) is 30.2 Å². The minimum atomic E-state index is -0.310. The monoisotopic (exact) mass is 438 g/mol. The highest BCUT2D eigenvalue weighted by Gasteiger charge is 2.10. The van der Waals surface area contributed by atoms with Crippen LogP contribution in [0, 0.1) is 0 Å². The van der Waals surface area contributed by atoms with Crippen molar-refractivity contribution in [2.24, 2.45) is 5.10 Å². The van der Waals surface area contributed by atoms with Crippen LogP contribution in [0.1, 0.15) is 35.0 Å². The largest absolute Gasteiger partial charge is 0.462 e. The van der Waals surface area contributed by atoms with Gasteiger partial charge in [0.15, 0.2) is 0 Å². The summed E-state index contributed by atoms with van der Waals surface area (Å²) in [7, 11) is 0. The van der Waals surface area contributed by atoms with E-state index in [1.165, 1.54) is 0 Å². The van der Waals surface area contributed by atoms with Gasteiger partial charge in [0.05, 0.1) is 30.6 Å². The smallest absolute Gasteiger partial charge is 0.338 e. The summed E-state index contributed by atoms with van der Waals surface area (Å²) >= 11 is 0. The molecule has 0 saturated carbocycles. The molecule has 0 amide bonds. The number of carbonyl (C=O) groups is 1. The highest BCUT2D eigenvalue weighted by molar-refractivity contribution is 5.90. The first kappa shape index (κ1) is 22.1. The molecular formula is C28H26N2O3. The van der Waals surface area contributed by atoms with Crippen LogP contribution >= 0.6 is 0 Å². The molecule has 0 aliphatic rings. The molecule has 5 heteroatoms. The number of hydrogen-bond acceptors (Lipinski definition) is 5. The van der Waals surface area contributed by atoms with Gasteiger partial charge in [-0.2, -0.15) is 5.10 Å². The van der Waals surface area contributed by atoms with Gasteiger partial charge in [0.25, 0.3) is 0 Å². The molecular weight excluding hydrogens is 412 g/mol. The molecule has 0 aliphatic carbocycles. The van der Waals surface area contributed by atoms with Crippen LogP contribution in [0.15, 0.2) is 107 Å². The fraction of sp³-hybridized carbons (Fsp3) is 0.143. The third-order valence-corrected chi connectivity index (χ3v) is 5.02. The quantitative estimate of drug-likeness (QED) is 0.169. The first-order valence-corrected chi connectivity index (χ1v) is 11.0. The molecule has 1 aromatic heterocycles. The van der Waals surface area contributed by atoms with Gasteiger partial charge in [-0.05, 0) is 48.4 Å². The second-order valence-corrected chi connectivity index (χ2v) is 7.54. The van der Waals surface area contributed by atoms with Crippen LogP contribution in [0.5, 0.6) is 0 Å². The Morgan fingerprint density at radius 3 is 2.30 bits per heavy atom. The van der Waals surface area contributed by atoms with Gasteiger partial charge in [-0.25, -0.2) is 4.79 Å². The van der Waals surface area contributed by atoms with Crippen molar-refractivity contribution in [1.29, 1.82) is 0 Å². The minimum Gasteiger partial charge on any atom is -0.462 e. The Bertz CT molecular complexity index is 1180. The van der Waals surface area contributed by atoms with E-state index in [-0.39, 0.29) is 5.97 Å². The molecule has 166 valence electrons. The zero-order valence-electron chi connectivity index (χ0n) is 18.6. The lowest BCUT2D eigenvalue weighted by Crippen LogP contribution is -2.15. The highest BCUT2D eigenvalue weighted by atomic mass is 16.5. The standard InChI is InChI=1S/C28H26N2O3/c1-2-19-32-28(31)24-15-13-23(14-16-24)27-18-17-26(33-27)20-29-30(25-11-7-4-8-12-25)21-22-9-5-3-6-10-22/h3-18,20H,2,19,21H2,1H3/b29-20+. The second-order valence-electron chi connectivity index (χ2n) is 7.54. The molecule has 0 spiro atoms. The van der Waals surface area contributed by atoms with Crippen LogP contribution in [0.25, 0.3) is 11.3 Å². The molecule has 33 heavy (non-hydrogen) atoms. The van der Waals surface area contributed by atoms with E-state index in [1.807, 2.05) is 84.7 Å². The maximum Gasteiger partial charge on any atom is 0.338 e. The number of hydrazone groups is 1. The molecule has 0 saturated heterocycles. The van der Waals surface area contributed by atoms with Gasteiger partial charge in [-0.15, -0.1) is 0 Å². The molecule has 5 nitrogen and oxygen atoms in total. The van der Waals surface area contributed by atoms with Crippen molar-refractivity contribution in [1.82, 2.24) is 0 Å². The highest BCUT2D eigenvalue weighted by Crippen LogP contribution is 2.23. The normalized spacial score (nSPS) is 10.9. The maximum absolute atomic E-state index is 12.0. The molecule has 0 atom stereocenters. The predicted octanol–water partition coefficient (Wildman–Crippen LogP) is 6.55. The average molecular weight is 439 g/mol. The lowest BCUT2D eigenvalue weighted by molar-refractivity contribution is 0.0505. The van der Waals surface area contributed by atoms with Crippen LogP contribution in [-0.4, -0.2) is 18.8 Å². The van der Waals surface area contributed by atoms with Gasteiger partial charge >= 0.3 is 5.97 Å². The maximum atomic E-state index is 12.0. The predicted molar refractivity (Wildman–Crippen MR) is 131 cm³/mol. The number of para-hydroxylation sites is 1. The van der Waals surface area contributed by atoms with Gasteiger partial charge in [0.2, 0.25) is 0 Å². The van der Waals surface area contributed by atoms with Gasteiger partial charge in [-0.3, -0.25) is 5.01 Å². The third kappa shape index (κ3) is 5.98. The fourth-order valence-corrected chi connectivity index (χ4v) is 3.31. The first-order valence-electron chi connectivity index (χ1n) is 11.0. The molecule has 0 fully saturated rings. The Hall–Kier alpha value is -4.12. The van der Waals surface area contributed by atoms with Crippen LogP contribution in [0.3, 0.4) is 0 Å². The molecule has 0 unspecified atom stereocenters. The Morgan fingerprint density at radius 1 is 0.909 bits per heavy atom. The van der Waals surface area contributed by atoms with Crippen LogP contribution in [0.2, 0.25) is 0 Å². The summed E-state index contributed by atoms with van der Waals surface area (Å²) in [6.45, 7) is 3.03. The zero-order chi connectivity index (χ0) is 22.9. The molecule has 0 bridgehead atoms. The molecule has 0 radical (unpaired) electrons. The zero-order valence-corrected chi connectivity index (χ0v) is 18.6. The Balaban J connectivity index is 1.49. The molecule has 3 aromatic carbocycles. The van der Waals surface area contributed by atoms with Crippen molar-refractivity contribution >= 4 is 17.9 Å². The van der Waals surface area contributed by atoms with Crippen molar-refractivity contribution in [3.8, 4) is 11.3 Å². The van der Waals surface area contributed by atoms with Crippen LogP contribution in [-0.2, 0) is 11.3 Å². The topological polar surface area (TPSA) is 55.0 Å². The summed E-state index contributed by atoms with van der Waals surface area (Å²) in [6, 6.07) is 31.2. The molecule has 4 rings (SSSR count). The molecule has 4 aromatic rings. The van der Waals surface area contributed by atoms with E-state index in [0.717, 1.165) is 23.2 Å². The molecule has 0 N–H and O–H groups in total. The van der Waals surface area contributed by atoms with Gasteiger partial charge in [-0.1, -0.05) is 67.6 Å². The minimum absolute atomic E-state index is 0.310. The number of nitrogens with zero attached hydrogens (tertiary/aromatic N) is 2. The Labute approximate surface area is 193 Å². The van der Waals surface area contributed by atoms with E-state index < -0.39 is 0 Å². The van der Waals surface area contributed by atoms with Crippen LogP contribution < -0.4 is 5.01 Å². The Morgan fingerprint density at radius 2 is 1.61 bits per heavy atom. The van der Waals surface area contributed by atoms with Crippen molar-refractivity contribution in [2.45, 2.75) is 19.9 Å². The van der Waals surface area contributed by atoms with E-state index in [9.17, 15) is 4.79 Å². The van der Waals surface area contributed by atoms with Crippen molar-refractivity contribution in [3.05, 3.63) is 114 Å². The number of rotatable bonds is 9. The number of hydrogen-bond donors (Lipinski definition) is 0. The first-order chi connectivity index (χ1) is 16.2. The summed E-state index contributed by atoms with van der Waals surface area (Å²) in [5.74, 6) is 1.04. The van der Waals surface area contributed by atoms with Crippen molar-refractivity contribution in [2.75, 3.05) is 11.6 Å². The van der Waals surface area contributed by atoms with Crippen molar-refractivity contribution < 1.29 is 13.9 Å². The molecule has 0 aliphatic heterocycles. The number of ether oxygens (including phenoxy) is 1. The average Bonchev–Trinajstić information content (AvgIpc) is 3.35. The van der Waals surface area contributed by atoms with Crippen molar-refractivity contribution in [3.63, 3.8) is 0 Å². The number of anilines is 1. The van der Waals surface area contributed by atoms with Gasteiger partial charge < -0.3 is 9.15 Å². The van der Waals surface area contributed by atoms with E-state index in [1.54, 1.807) is 18.3 Å². The summed E-state index contributed by atoms with van der Waals surface area (Å²) in [4.78, 5) is 12.0. The van der Waals surface area contributed by atoms with E-state index in [2.05, 4.69) is 17.2 Å². The second kappa shape index (κ2) is 11.0.